The van der Waals surface area contributed by atoms with Crippen molar-refractivity contribution < 1.29 is 19.4 Å². The number of aryl methyl sites for hydroxylation is 1. The quantitative estimate of drug-likeness (QED) is 0.807. The van der Waals surface area contributed by atoms with Crippen LogP contribution in [0, 0.1) is 12.3 Å². The first-order chi connectivity index (χ1) is 10.1. The summed E-state index contributed by atoms with van der Waals surface area (Å²) in [5.41, 5.74) is -0.0000163. The number of hydrogen-bond acceptors (Lipinski definition) is 3. The molecule has 1 aromatic rings. The van der Waals surface area contributed by atoms with Gasteiger partial charge in [-0.3, -0.25) is 9.59 Å². The van der Waals surface area contributed by atoms with Crippen LogP contribution in [0.15, 0.2) is 18.2 Å². The van der Waals surface area contributed by atoms with Crippen LogP contribution in [0.1, 0.15) is 32.8 Å². The van der Waals surface area contributed by atoms with E-state index in [1.54, 1.807) is 39.0 Å². The Morgan fingerprint density at radius 3 is 2.59 bits per heavy atom. The minimum Gasteiger partial charge on any atom is -0.481 e. The van der Waals surface area contributed by atoms with Crippen molar-refractivity contribution in [1.82, 2.24) is 5.32 Å². The van der Waals surface area contributed by atoms with Crippen LogP contribution in [0.25, 0.3) is 0 Å². The van der Waals surface area contributed by atoms with Gasteiger partial charge in [-0.15, -0.1) is 0 Å². The lowest BCUT2D eigenvalue weighted by Gasteiger charge is -2.20. The number of benzene rings is 1. The van der Waals surface area contributed by atoms with Gasteiger partial charge in [-0.2, -0.15) is 0 Å². The Balaban J connectivity index is 2.48. The maximum Gasteiger partial charge on any atom is 0.309 e. The predicted octanol–water partition coefficient (Wildman–Crippen LogP) is 3.03. The highest BCUT2D eigenvalue weighted by Crippen LogP contribution is 2.22. The van der Waals surface area contributed by atoms with Gasteiger partial charge in [0.1, 0.15) is 5.75 Å². The number of carboxylic acid groups (broad SMARTS) is 1. The first-order valence-electron chi connectivity index (χ1n) is 7.07. The van der Waals surface area contributed by atoms with Crippen LogP contribution in [0.2, 0.25) is 5.02 Å². The third-order valence-electron chi connectivity index (χ3n) is 3.44. The van der Waals surface area contributed by atoms with Crippen LogP contribution >= 0.6 is 11.6 Å². The number of aliphatic carboxylic acids is 1. The summed E-state index contributed by atoms with van der Waals surface area (Å²) < 4.78 is 5.56. The summed E-state index contributed by atoms with van der Waals surface area (Å²) in [7, 11) is 0. The molecule has 22 heavy (non-hydrogen) atoms. The van der Waals surface area contributed by atoms with Crippen molar-refractivity contribution in [3.8, 4) is 5.75 Å². The number of carboxylic acids is 1. The van der Waals surface area contributed by atoms with E-state index in [0.717, 1.165) is 5.56 Å². The second-order valence-corrected chi connectivity index (χ2v) is 6.31. The third kappa shape index (κ3) is 5.22. The van der Waals surface area contributed by atoms with Crippen LogP contribution < -0.4 is 10.1 Å². The fourth-order valence-corrected chi connectivity index (χ4v) is 1.81. The van der Waals surface area contributed by atoms with E-state index < -0.39 is 17.5 Å². The molecule has 0 aromatic heterocycles. The molecule has 0 saturated heterocycles. The van der Waals surface area contributed by atoms with Crippen LogP contribution in [-0.4, -0.2) is 29.6 Å². The summed E-state index contributed by atoms with van der Waals surface area (Å²) in [6, 6.07) is 5.18. The van der Waals surface area contributed by atoms with Crippen molar-refractivity contribution in [2.24, 2.45) is 5.41 Å². The Morgan fingerprint density at radius 2 is 2.05 bits per heavy atom. The van der Waals surface area contributed by atoms with Gasteiger partial charge in [0.2, 0.25) is 0 Å². The number of nitrogens with one attached hydrogen (secondary N) is 1. The molecular weight excluding hydrogens is 306 g/mol. The second-order valence-electron chi connectivity index (χ2n) is 5.90. The lowest BCUT2D eigenvalue weighted by Crippen LogP contribution is -2.39. The van der Waals surface area contributed by atoms with Crippen molar-refractivity contribution in [1.29, 1.82) is 0 Å². The minimum absolute atomic E-state index is 0.283. The summed E-state index contributed by atoms with van der Waals surface area (Å²) in [6.07, 6.45) is -0.325. The van der Waals surface area contributed by atoms with E-state index in [1.807, 2.05) is 6.92 Å². The van der Waals surface area contributed by atoms with Crippen molar-refractivity contribution >= 4 is 23.5 Å². The summed E-state index contributed by atoms with van der Waals surface area (Å²) in [4.78, 5) is 22.9. The van der Waals surface area contributed by atoms with Gasteiger partial charge in [-0.25, -0.2) is 0 Å². The van der Waals surface area contributed by atoms with E-state index in [2.05, 4.69) is 5.32 Å². The smallest absolute Gasteiger partial charge is 0.309 e. The number of carbonyl (C=O) groups is 2. The lowest BCUT2D eigenvalue weighted by molar-refractivity contribution is -0.147. The zero-order valence-corrected chi connectivity index (χ0v) is 14.0. The van der Waals surface area contributed by atoms with Crippen molar-refractivity contribution in [3.63, 3.8) is 0 Å². The average Bonchev–Trinajstić information content (AvgIpc) is 2.42. The van der Waals surface area contributed by atoms with Gasteiger partial charge < -0.3 is 15.2 Å². The molecule has 0 heterocycles. The number of ether oxygens (including phenoxy) is 1. The first kappa shape index (κ1) is 18.3. The van der Waals surface area contributed by atoms with Crippen molar-refractivity contribution in [2.45, 2.75) is 40.2 Å². The molecule has 1 amide bonds. The van der Waals surface area contributed by atoms with Gasteiger partial charge in [0, 0.05) is 11.6 Å². The molecule has 0 saturated carbocycles. The zero-order chi connectivity index (χ0) is 16.9. The Morgan fingerprint density at radius 1 is 1.41 bits per heavy atom. The van der Waals surface area contributed by atoms with Gasteiger partial charge in [-0.1, -0.05) is 11.6 Å². The molecule has 6 heteroatoms. The third-order valence-corrected chi connectivity index (χ3v) is 3.86. The average molecular weight is 328 g/mol. The van der Waals surface area contributed by atoms with Gasteiger partial charge in [0.15, 0.2) is 6.10 Å². The number of halogens is 1. The van der Waals surface area contributed by atoms with E-state index in [9.17, 15) is 9.59 Å². The largest absolute Gasteiger partial charge is 0.481 e. The fraction of sp³-hybridized carbons (Fsp3) is 0.500. The number of amides is 1. The number of hydrogen-bond donors (Lipinski definition) is 2. The highest BCUT2D eigenvalue weighted by atomic mass is 35.5. The van der Waals surface area contributed by atoms with E-state index in [0.29, 0.717) is 17.2 Å². The monoisotopic (exact) mass is 327 g/mol. The molecule has 0 fully saturated rings. The van der Waals surface area contributed by atoms with Crippen molar-refractivity contribution in [2.75, 3.05) is 6.54 Å². The summed E-state index contributed by atoms with van der Waals surface area (Å²) >= 11 is 5.93. The predicted molar refractivity (Wildman–Crippen MR) is 85.3 cm³/mol. The fourth-order valence-electron chi connectivity index (χ4n) is 1.70. The zero-order valence-electron chi connectivity index (χ0n) is 13.3. The Bertz CT molecular complexity index is 557. The molecule has 1 unspecified atom stereocenters. The summed E-state index contributed by atoms with van der Waals surface area (Å²) in [5.74, 6) is -0.605. The first-order valence-corrected chi connectivity index (χ1v) is 7.45. The van der Waals surface area contributed by atoms with Gasteiger partial charge >= 0.3 is 5.97 Å². The molecule has 1 aromatic carbocycles. The molecule has 0 aliphatic heterocycles. The molecule has 0 spiro atoms. The Labute approximate surface area is 135 Å². The molecule has 0 bridgehead atoms. The molecule has 1 rings (SSSR count). The normalized spacial score (nSPS) is 12.6. The van der Waals surface area contributed by atoms with E-state index in [1.165, 1.54) is 0 Å². The van der Waals surface area contributed by atoms with Crippen LogP contribution in [0.3, 0.4) is 0 Å². The summed E-state index contributed by atoms with van der Waals surface area (Å²) in [5, 5.41) is 12.3. The van der Waals surface area contributed by atoms with E-state index in [-0.39, 0.29) is 12.5 Å². The van der Waals surface area contributed by atoms with Crippen LogP contribution in [0.4, 0.5) is 0 Å². The second kappa shape index (κ2) is 7.49. The molecular formula is C16H22ClNO4. The maximum absolute atomic E-state index is 11.9. The lowest BCUT2D eigenvalue weighted by atomic mass is 9.90. The maximum atomic E-state index is 11.9. The molecule has 0 aliphatic carbocycles. The van der Waals surface area contributed by atoms with Crippen LogP contribution in [-0.2, 0) is 9.59 Å². The highest BCUT2D eigenvalue weighted by molar-refractivity contribution is 6.31. The molecule has 1 atom stereocenters. The summed E-state index contributed by atoms with van der Waals surface area (Å²) in [6.45, 7) is 7.02. The van der Waals surface area contributed by atoms with E-state index in [4.69, 9.17) is 21.4 Å². The molecule has 2 N–H and O–H groups in total. The molecule has 5 nitrogen and oxygen atoms in total. The SMILES string of the molecule is Cc1cc(OC(C)C(=O)NCCC(C)(C)C(=O)O)ccc1Cl. The number of rotatable bonds is 7. The topological polar surface area (TPSA) is 75.6 Å². The Hall–Kier alpha value is -1.75. The molecule has 122 valence electrons. The van der Waals surface area contributed by atoms with Gasteiger partial charge in [0.25, 0.3) is 5.91 Å². The van der Waals surface area contributed by atoms with Crippen molar-refractivity contribution in [3.05, 3.63) is 28.8 Å². The van der Waals surface area contributed by atoms with Crippen LogP contribution in [0.5, 0.6) is 5.75 Å². The molecule has 0 aliphatic rings. The highest BCUT2D eigenvalue weighted by Gasteiger charge is 2.27. The van der Waals surface area contributed by atoms with E-state index >= 15 is 0 Å². The standard InChI is InChI=1S/C16H22ClNO4/c1-10-9-12(5-6-13(10)17)22-11(2)14(19)18-8-7-16(3,4)15(20)21/h5-6,9,11H,7-8H2,1-4H3,(H,18,19)(H,20,21). The van der Waals surface area contributed by atoms with Gasteiger partial charge in [0.05, 0.1) is 5.41 Å². The number of carbonyl (C=O) groups excluding carboxylic acids is 1. The molecule has 0 radical (unpaired) electrons. The Kier molecular flexibility index (Phi) is 6.23. The van der Waals surface area contributed by atoms with Gasteiger partial charge in [-0.05, 0) is 57.9 Å². The minimum atomic E-state index is -0.886.